The van der Waals surface area contributed by atoms with Crippen molar-refractivity contribution in [1.29, 1.82) is 0 Å². The highest BCUT2D eigenvalue weighted by atomic mass is 16.3. The number of carbonyl (C=O) groups excluding carboxylic acids is 2. The molecule has 1 aromatic heterocycles. The predicted molar refractivity (Wildman–Crippen MR) is 83.6 cm³/mol. The van der Waals surface area contributed by atoms with Crippen LogP contribution in [-0.4, -0.2) is 35.8 Å². The summed E-state index contributed by atoms with van der Waals surface area (Å²) in [6.45, 7) is 6.91. The molecule has 1 aliphatic heterocycles. The zero-order valence-electron chi connectivity index (χ0n) is 13.1. The lowest BCUT2D eigenvalue weighted by Crippen LogP contribution is -2.56. The Hall–Kier alpha value is -2.30. The maximum absolute atomic E-state index is 12.5. The number of rotatable bonds is 2. The lowest BCUT2D eigenvalue weighted by Gasteiger charge is -2.32. The number of furan rings is 1. The maximum atomic E-state index is 12.5. The van der Waals surface area contributed by atoms with Crippen molar-refractivity contribution in [2.24, 2.45) is 0 Å². The highest BCUT2D eigenvalue weighted by Gasteiger charge is 2.29. The van der Waals surface area contributed by atoms with Crippen molar-refractivity contribution in [2.75, 3.05) is 13.1 Å². The third-order valence-electron chi connectivity index (χ3n) is 4.43. The summed E-state index contributed by atoms with van der Waals surface area (Å²) in [7, 11) is 0. The minimum Gasteiger partial charge on any atom is -0.464 e. The number of nitrogens with zero attached hydrogens (tertiary/aromatic N) is 1. The monoisotopic (exact) mass is 300 g/mol. The zero-order chi connectivity index (χ0) is 15.9. The molecule has 1 N–H and O–H groups in total. The Labute approximate surface area is 129 Å². The van der Waals surface area contributed by atoms with Crippen molar-refractivity contribution in [3.05, 3.63) is 35.1 Å². The molecule has 5 heteroatoms. The number of benzene rings is 1. The fourth-order valence-corrected chi connectivity index (χ4v) is 2.86. The number of nitrogens with one attached hydrogen (secondary N) is 1. The molecule has 116 valence electrons. The Morgan fingerprint density at radius 3 is 2.86 bits per heavy atom. The lowest BCUT2D eigenvalue weighted by atomic mass is 10.0. The van der Waals surface area contributed by atoms with E-state index < -0.39 is 6.04 Å². The molecule has 2 aromatic rings. The molecule has 0 aliphatic carbocycles. The highest BCUT2D eigenvalue weighted by Crippen LogP contribution is 2.25. The van der Waals surface area contributed by atoms with Crippen molar-refractivity contribution in [2.45, 2.75) is 33.2 Å². The van der Waals surface area contributed by atoms with E-state index in [0.717, 1.165) is 16.5 Å². The van der Waals surface area contributed by atoms with E-state index in [1.807, 2.05) is 19.9 Å². The number of hydrogen-bond donors (Lipinski definition) is 1. The summed E-state index contributed by atoms with van der Waals surface area (Å²) in [5, 5.41) is 3.74. The average Bonchev–Trinajstić information content (AvgIpc) is 2.84. The first-order chi connectivity index (χ1) is 10.5. The number of carbonyl (C=O) groups is 2. The van der Waals surface area contributed by atoms with E-state index in [0.29, 0.717) is 13.1 Å². The fraction of sp³-hybridized carbons (Fsp3) is 0.412. The second-order valence-electron chi connectivity index (χ2n) is 5.92. The summed E-state index contributed by atoms with van der Waals surface area (Å²) in [6.07, 6.45) is 1.91. The number of hydrogen-bond acceptors (Lipinski definition) is 3. The molecule has 2 heterocycles. The van der Waals surface area contributed by atoms with Crippen LogP contribution in [0.2, 0.25) is 0 Å². The smallest absolute Gasteiger partial charge is 0.242 e. The van der Waals surface area contributed by atoms with E-state index in [4.69, 9.17) is 4.42 Å². The molecule has 0 saturated carbocycles. The lowest BCUT2D eigenvalue weighted by molar-refractivity contribution is -0.142. The summed E-state index contributed by atoms with van der Waals surface area (Å²) in [5.41, 5.74) is 4.02. The van der Waals surface area contributed by atoms with E-state index in [-0.39, 0.29) is 18.2 Å². The third kappa shape index (κ3) is 2.47. The highest BCUT2D eigenvalue weighted by molar-refractivity contribution is 5.92. The summed E-state index contributed by atoms with van der Waals surface area (Å²) in [5.74, 6) is -0.133. The Morgan fingerprint density at radius 1 is 1.36 bits per heavy atom. The van der Waals surface area contributed by atoms with Gasteiger partial charge in [0.2, 0.25) is 11.8 Å². The van der Waals surface area contributed by atoms with Gasteiger partial charge in [0.15, 0.2) is 0 Å². The first-order valence-corrected chi connectivity index (χ1v) is 7.52. The minimum atomic E-state index is -0.414. The molecular weight excluding hydrogens is 280 g/mol. The summed E-state index contributed by atoms with van der Waals surface area (Å²) >= 11 is 0. The van der Waals surface area contributed by atoms with Gasteiger partial charge in [0, 0.05) is 24.0 Å². The first kappa shape index (κ1) is 14.6. The van der Waals surface area contributed by atoms with Crippen LogP contribution in [0.5, 0.6) is 0 Å². The van der Waals surface area contributed by atoms with Crippen LogP contribution in [0.1, 0.15) is 23.6 Å². The molecular formula is C17H20N2O3. The van der Waals surface area contributed by atoms with Crippen LogP contribution < -0.4 is 5.32 Å². The average molecular weight is 300 g/mol. The SMILES string of the molecule is Cc1cc2occ(CC(=O)N3CCNC(=O)C3C)c2cc1C. The molecule has 1 aliphatic rings. The van der Waals surface area contributed by atoms with Crippen molar-refractivity contribution in [3.63, 3.8) is 0 Å². The maximum Gasteiger partial charge on any atom is 0.242 e. The van der Waals surface area contributed by atoms with Gasteiger partial charge < -0.3 is 14.6 Å². The molecule has 0 radical (unpaired) electrons. The van der Waals surface area contributed by atoms with E-state index in [9.17, 15) is 9.59 Å². The standard InChI is InChI=1S/C17H20N2O3/c1-10-6-14-13(9-22-15(14)7-11(10)2)8-16(20)19-5-4-18-17(21)12(19)3/h6-7,9,12H,4-5,8H2,1-3H3,(H,18,21). The molecule has 2 amide bonds. The summed E-state index contributed by atoms with van der Waals surface area (Å²) in [4.78, 5) is 25.8. The van der Waals surface area contributed by atoms with Crippen LogP contribution in [0.25, 0.3) is 11.0 Å². The summed E-state index contributed by atoms with van der Waals surface area (Å²) in [6, 6.07) is 3.64. The predicted octanol–water partition coefficient (Wildman–Crippen LogP) is 1.94. The van der Waals surface area contributed by atoms with E-state index >= 15 is 0 Å². The molecule has 0 bridgehead atoms. The first-order valence-electron chi connectivity index (χ1n) is 7.52. The van der Waals surface area contributed by atoms with Crippen molar-refractivity contribution in [3.8, 4) is 0 Å². The Bertz CT molecular complexity index is 748. The third-order valence-corrected chi connectivity index (χ3v) is 4.43. The molecule has 1 saturated heterocycles. The fourth-order valence-electron chi connectivity index (χ4n) is 2.86. The topological polar surface area (TPSA) is 62.6 Å². The molecule has 1 unspecified atom stereocenters. The van der Waals surface area contributed by atoms with Gasteiger partial charge in [0.1, 0.15) is 11.6 Å². The minimum absolute atomic E-state index is 0.0386. The van der Waals surface area contributed by atoms with Crippen LogP contribution in [0, 0.1) is 13.8 Å². The normalized spacial score (nSPS) is 18.6. The van der Waals surface area contributed by atoms with Gasteiger partial charge >= 0.3 is 0 Å². The Morgan fingerprint density at radius 2 is 2.09 bits per heavy atom. The van der Waals surface area contributed by atoms with Crippen LogP contribution >= 0.6 is 0 Å². The second-order valence-corrected chi connectivity index (χ2v) is 5.92. The van der Waals surface area contributed by atoms with Crippen molar-refractivity contribution >= 4 is 22.8 Å². The molecule has 5 nitrogen and oxygen atoms in total. The largest absolute Gasteiger partial charge is 0.464 e. The van der Waals surface area contributed by atoms with Crippen molar-refractivity contribution in [1.82, 2.24) is 10.2 Å². The second kappa shape index (κ2) is 5.48. The van der Waals surface area contributed by atoms with Gasteiger partial charge in [0.05, 0.1) is 12.7 Å². The van der Waals surface area contributed by atoms with Gasteiger partial charge in [-0.1, -0.05) is 0 Å². The van der Waals surface area contributed by atoms with E-state index in [1.165, 1.54) is 11.1 Å². The molecule has 0 spiro atoms. The van der Waals surface area contributed by atoms with Crippen LogP contribution in [0.3, 0.4) is 0 Å². The number of aryl methyl sites for hydroxylation is 2. The zero-order valence-corrected chi connectivity index (χ0v) is 13.1. The summed E-state index contributed by atoms with van der Waals surface area (Å²) < 4.78 is 5.57. The number of fused-ring (bicyclic) bond motifs is 1. The van der Waals surface area contributed by atoms with E-state index in [2.05, 4.69) is 11.4 Å². The molecule has 22 heavy (non-hydrogen) atoms. The van der Waals surface area contributed by atoms with Crippen LogP contribution in [0.4, 0.5) is 0 Å². The van der Waals surface area contributed by atoms with Gasteiger partial charge in [-0.25, -0.2) is 0 Å². The Kier molecular flexibility index (Phi) is 3.64. The van der Waals surface area contributed by atoms with Crippen LogP contribution in [0.15, 0.2) is 22.8 Å². The van der Waals surface area contributed by atoms with Gasteiger partial charge in [-0.3, -0.25) is 9.59 Å². The van der Waals surface area contributed by atoms with Gasteiger partial charge in [-0.2, -0.15) is 0 Å². The number of piperazine rings is 1. The van der Waals surface area contributed by atoms with E-state index in [1.54, 1.807) is 18.1 Å². The van der Waals surface area contributed by atoms with Crippen molar-refractivity contribution < 1.29 is 14.0 Å². The van der Waals surface area contributed by atoms with Crippen LogP contribution in [-0.2, 0) is 16.0 Å². The quantitative estimate of drug-likeness (QED) is 0.922. The number of amides is 2. The van der Waals surface area contributed by atoms with Gasteiger partial charge in [-0.15, -0.1) is 0 Å². The van der Waals surface area contributed by atoms with Gasteiger partial charge in [0.25, 0.3) is 0 Å². The molecule has 1 fully saturated rings. The molecule has 3 rings (SSSR count). The van der Waals surface area contributed by atoms with Gasteiger partial charge in [-0.05, 0) is 44.0 Å². The molecule has 1 atom stereocenters. The molecule has 1 aromatic carbocycles. The Balaban J connectivity index is 1.85.